The fourth-order valence-corrected chi connectivity index (χ4v) is 23.5. The summed E-state index contributed by atoms with van der Waals surface area (Å²) in [6.07, 6.45) is 42.4. The number of ether oxygens (including phenoxy) is 9. The molecule has 3 aliphatic heterocycles. The molecule has 0 aromatic carbocycles. The predicted octanol–water partition coefficient (Wildman–Crippen LogP) is 14.4. The fourth-order valence-electron chi connectivity index (χ4n) is 16.8. The van der Waals surface area contributed by atoms with Crippen LogP contribution in [0.25, 0.3) is 0 Å². The van der Waals surface area contributed by atoms with Gasteiger partial charge in [0.25, 0.3) is 0 Å². The number of carbonyl (C=O) groups excluding carboxylic acids is 4. The number of rotatable bonds is 13. The second kappa shape index (κ2) is 43.9. The van der Waals surface area contributed by atoms with Gasteiger partial charge in [-0.05, 0) is 211 Å². The van der Waals surface area contributed by atoms with Crippen LogP contribution in [0, 0.1) is 35.5 Å². The second-order valence-electron chi connectivity index (χ2n) is 30.4. The van der Waals surface area contributed by atoms with Crippen molar-refractivity contribution in [3.63, 3.8) is 0 Å². The molecule has 10 aliphatic carbocycles. The van der Waals surface area contributed by atoms with Crippen molar-refractivity contribution in [2.24, 2.45) is 41.2 Å². The molecule has 3 saturated heterocycles. The molecule has 13 aliphatic rings. The number of ketones is 1. The van der Waals surface area contributed by atoms with E-state index in [4.69, 9.17) is 58.6 Å². The quantitative estimate of drug-likeness (QED) is 0.0577. The van der Waals surface area contributed by atoms with Gasteiger partial charge >= 0.3 is 29.8 Å². The van der Waals surface area contributed by atoms with Crippen LogP contribution in [0.3, 0.4) is 0 Å². The van der Waals surface area contributed by atoms with Crippen LogP contribution in [0.5, 0.6) is 0 Å². The summed E-state index contributed by atoms with van der Waals surface area (Å²) in [6.45, 7) is 6.92. The zero-order valence-electron chi connectivity index (χ0n) is 60.5. The van der Waals surface area contributed by atoms with Gasteiger partial charge in [-0.3, -0.25) is 28.8 Å². The topological polar surface area (TPSA) is 285 Å². The zero-order valence-corrected chi connectivity index (χ0v) is 64.7. The average molecular weight is 1490 g/mol. The molecule has 19 nitrogen and oxygen atoms in total. The Labute approximate surface area is 615 Å². The van der Waals surface area contributed by atoms with E-state index in [0.29, 0.717) is 38.1 Å². The minimum atomic E-state index is -0.639. The Morgan fingerprint density at radius 3 is 0.879 bits per heavy atom. The van der Waals surface area contributed by atoms with Gasteiger partial charge in [0.1, 0.15) is 5.78 Å². The monoisotopic (exact) mass is 1490 g/mol. The van der Waals surface area contributed by atoms with Crippen molar-refractivity contribution in [1.29, 1.82) is 0 Å². The van der Waals surface area contributed by atoms with Crippen LogP contribution in [-0.4, -0.2) is 177 Å². The summed E-state index contributed by atoms with van der Waals surface area (Å²) in [5.41, 5.74) is 5.94. The molecule has 0 aromatic rings. The van der Waals surface area contributed by atoms with Crippen molar-refractivity contribution in [1.82, 2.24) is 0 Å². The normalized spacial score (nSPS) is 34.2. The fraction of sp³-hybridized carbons (Fsp3) is 0.920. The predicted molar refractivity (Wildman–Crippen MR) is 398 cm³/mol. The molecule has 7 N–H and O–H groups in total. The number of methoxy groups -OCH3 is 3. The Hall–Kier alpha value is -1.55. The standard InChI is InChI=1S/C16H26O4S.C15H24O4S.C14H25NO2S.C14H22O3S.C9H16O2.C7H12O2S.H2O/c1-18-15(17)12-2-4-13(5-3-12)21-14-6-8-16(9-7-14)19-10-11-20-16;16-14(17)11-1-3-12(4-2-11)20-13-5-7-15(8-6-13)18-9-10-19-15;2*1-17-14(16)10-2-6-12(7-3-10)18-13-8-4-11(15)5-9-13;1-8-2-4-9(5-3-8)10-6-7-11-9;8-7(9)5-1-3-6(10)4-2-5;/h12-14H,2-11H2,1H3;11-13H,1-10H2,(H,16,17);10-13H,2-9,15H2,1H3;10,12-13H,2-9H2,1H3;8H,2-7H2,1H3;5-6,10H,1-4H2,(H,8,9);1H2/p+1. The van der Waals surface area contributed by atoms with E-state index in [1.54, 1.807) is 0 Å². The van der Waals surface area contributed by atoms with E-state index in [0.717, 1.165) is 246 Å². The number of hydrogen-bond donors (Lipinski definition) is 4. The Morgan fingerprint density at radius 2 is 0.606 bits per heavy atom. The first kappa shape index (κ1) is 84.7. The number of Topliss-reactive ketones (excluding diaryl/α,β-unsaturated/α-hetero) is 1. The van der Waals surface area contributed by atoms with E-state index in [9.17, 15) is 28.8 Å². The number of carbonyl (C=O) groups is 6. The summed E-state index contributed by atoms with van der Waals surface area (Å²) >= 11 is 12.7. The minimum Gasteiger partial charge on any atom is -0.481 e. The van der Waals surface area contributed by atoms with Gasteiger partial charge in [0.2, 0.25) is 0 Å². The molecular weight excluding hydrogens is 1360 g/mol. The third-order valence-corrected chi connectivity index (χ3v) is 30.7. The first-order chi connectivity index (χ1) is 47.3. The van der Waals surface area contributed by atoms with Crippen LogP contribution < -0.4 is 5.73 Å². The molecule has 0 aromatic heterocycles. The molecule has 13 fully saturated rings. The third-order valence-electron chi connectivity index (χ3n) is 23.3. The largest absolute Gasteiger partial charge is 0.481 e. The number of carboxylic acids is 2. The lowest BCUT2D eigenvalue weighted by Crippen LogP contribution is -2.36. The van der Waals surface area contributed by atoms with Gasteiger partial charge in [0.15, 0.2) is 17.4 Å². The minimum absolute atomic E-state index is 0. The summed E-state index contributed by atoms with van der Waals surface area (Å²) in [7, 11) is 4.46. The number of thiol groups is 1. The average Bonchev–Trinajstić information content (AvgIpc) is 1.77. The number of aliphatic carboxylic acids is 2. The van der Waals surface area contributed by atoms with Crippen molar-refractivity contribution in [2.75, 3.05) is 61.0 Å². The first-order valence-electron chi connectivity index (χ1n) is 38.4. The number of nitrogens with two attached hydrogens (primary N) is 1. The van der Waals surface area contributed by atoms with E-state index in [2.05, 4.69) is 66.6 Å². The Kier molecular flexibility index (Phi) is 37.6. The highest BCUT2D eigenvalue weighted by Crippen LogP contribution is 2.47. The number of hydrogen-bond acceptors (Lipinski definition) is 21. The maximum Gasteiger partial charge on any atom is 0.308 e. The molecule has 3 heterocycles. The second-order valence-corrected chi connectivity index (χ2v) is 37.5. The van der Waals surface area contributed by atoms with E-state index < -0.39 is 11.9 Å². The van der Waals surface area contributed by atoms with E-state index in [1.165, 1.54) is 98.4 Å². The highest BCUT2D eigenvalue weighted by Gasteiger charge is 2.44. The number of carboxylic acid groups (broad SMARTS) is 2. The smallest absolute Gasteiger partial charge is 0.308 e. The van der Waals surface area contributed by atoms with E-state index in [1.807, 2.05) is 0 Å². The zero-order chi connectivity index (χ0) is 69.9. The van der Waals surface area contributed by atoms with Gasteiger partial charge < -0.3 is 64.1 Å². The Balaban J connectivity index is 0.000000169. The van der Waals surface area contributed by atoms with Crippen molar-refractivity contribution in [3.05, 3.63) is 0 Å². The summed E-state index contributed by atoms with van der Waals surface area (Å²) in [6, 6.07) is 0.442. The lowest BCUT2D eigenvalue weighted by molar-refractivity contribution is -0.181. The van der Waals surface area contributed by atoms with Crippen molar-refractivity contribution >= 4 is 95.3 Å². The molecule has 0 atom stereocenters. The van der Waals surface area contributed by atoms with Crippen molar-refractivity contribution in [2.45, 2.75) is 334 Å². The van der Waals surface area contributed by atoms with Gasteiger partial charge in [-0.2, -0.15) is 59.7 Å². The highest BCUT2D eigenvalue weighted by molar-refractivity contribution is 8.01. The SMILES string of the molecule is CC1CCC2(CC1)OCCO2.COC(=O)C1CCC(SC2CCC(=O)CC2)CC1.COC(=O)C1CCC(SC2CCC(N)CC2)CC1.COC(=O)C1CCC(SC2CCC3(CC2)OCCO3)CC1.O=C(O)C1CCC(S)CC1.O=C(O)C1CCC(SC2CCC3(CC2)OCCO3)CC1.[OH3+]. The summed E-state index contributed by atoms with van der Waals surface area (Å²) in [4.78, 5) is 67.0. The molecule has 10 saturated carbocycles. The van der Waals surface area contributed by atoms with Crippen LogP contribution in [0.1, 0.15) is 264 Å². The molecular formula is C75H128NO18S5+. The first-order valence-corrected chi connectivity index (χ1v) is 42.6. The molecule has 0 radical (unpaired) electrons. The summed E-state index contributed by atoms with van der Waals surface area (Å²) in [5, 5.41) is 23.8. The van der Waals surface area contributed by atoms with Crippen LogP contribution in [0.15, 0.2) is 0 Å². The van der Waals surface area contributed by atoms with Crippen LogP contribution in [0.2, 0.25) is 0 Å². The summed E-state index contributed by atoms with van der Waals surface area (Å²) in [5.74, 6) is -0.418. The van der Waals surface area contributed by atoms with Crippen LogP contribution >= 0.6 is 59.7 Å². The van der Waals surface area contributed by atoms with Gasteiger partial charge in [0, 0.05) is 105 Å². The number of esters is 3. The third kappa shape index (κ3) is 28.6. The van der Waals surface area contributed by atoms with Gasteiger partial charge in [0.05, 0.1) is 90.6 Å². The molecule has 99 heavy (non-hydrogen) atoms. The Morgan fingerprint density at radius 1 is 0.374 bits per heavy atom. The van der Waals surface area contributed by atoms with E-state index in [-0.39, 0.29) is 70.3 Å². The van der Waals surface area contributed by atoms with Gasteiger partial charge in [-0.15, -0.1) is 0 Å². The molecule has 570 valence electrons. The van der Waals surface area contributed by atoms with Crippen LogP contribution in [0.4, 0.5) is 0 Å². The van der Waals surface area contributed by atoms with Crippen LogP contribution in [-0.2, 0) is 76.9 Å². The molecule has 13 rings (SSSR count). The summed E-state index contributed by atoms with van der Waals surface area (Å²) < 4.78 is 48.8. The molecule has 0 amide bonds. The lowest BCUT2D eigenvalue weighted by Gasteiger charge is -2.37. The van der Waals surface area contributed by atoms with Crippen molar-refractivity contribution in [3.8, 4) is 0 Å². The maximum absolute atomic E-state index is 11.6. The molecule has 24 heteroatoms. The maximum atomic E-state index is 11.6. The molecule has 3 spiro atoms. The number of thioether (sulfide) groups is 4. The lowest BCUT2D eigenvalue weighted by atomic mass is 9.86. The van der Waals surface area contributed by atoms with Gasteiger partial charge in [-0.25, -0.2) is 0 Å². The van der Waals surface area contributed by atoms with Gasteiger partial charge in [-0.1, -0.05) is 6.92 Å². The van der Waals surface area contributed by atoms with E-state index >= 15 is 0 Å². The Bertz CT molecular complexity index is 2330. The highest BCUT2D eigenvalue weighted by atomic mass is 32.2. The molecule has 0 unspecified atom stereocenters. The van der Waals surface area contributed by atoms with Crippen molar-refractivity contribution < 1.29 is 87.1 Å². The molecule has 0 bridgehead atoms.